The number of hydrogen-bond donors (Lipinski definition) is 2. The van der Waals surface area contributed by atoms with E-state index in [9.17, 15) is 14.0 Å². The molecule has 0 fully saturated rings. The number of halogens is 1. The molecule has 0 saturated heterocycles. The average molecular weight is 315 g/mol. The van der Waals surface area contributed by atoms with Crippen LogP contribution in [0, 0.1) is 19.7 Å². The molecule has 0 bridgehead atoms. The van der Waals surface area contributed by atoms with Gasteiger partial charge in [0.15, 0.2) is 0 Å². The number of nitrogens with zero attached hydrogens (tertiary/aromatic N) is 1. The fourth-order valence-electron chi connectivity index (χ4n) is 1.89. The maximum atomic E-state index is 13.4. The van der Waals surface area contributed by atoms with Gasteiger partial charge in [-0.25, -0.2) is 4.39 Å². The molecular formula is C17H18FN3O2. The summed E-state index contributed by atoms with van der Waals surface area (Å²) in [5, 5.41) is 5.30. The van der Waals surface area contributed by atoms with E-state index < -0.39 is 5.82 Å². The molecular weight excluding hydrogens is 297 g/mol. The Bertz CT molecular complexity index is 714. The summed E-state index contributed by atoms with van der Waals surface area (Å²) >= 11 is 0. The highest BCUT2D eigenvalue weighted by molar-refractivity contribution is 5.95. The topological polar surface area (TPSA) is 71.1 Å². The predicted octanol–water partition coefficient (Wildman–Crippen LogP) is 2.00. The Hall–Kier alpha value is -2.76. The molecule has 23 heavy (non-hydrogen) atoms. The second-order valence-corrected chi connectivity index (χ2v) is 5.16. The van der Waals surface area contributed by atoms with E-state index in [0.29, 0.717) is 11.1 Å². The van der Waals surface area contributed by atoms with E-state index in [4.69, 9.17) is 0 Å². The zero-order chi connectivity index (χ0) is 16.8. The van der Waals surface area contributed by atoms with Crippen molar-refractivity contribution in [2.45, 2.75) is 13.8 Å². The summed E-state index contributed by atoms with van der Waals surface area (Å²) in [5.41, 5.74) is 2.03. The first-order chi connectivity index (χ1) is 11.0. The third kappa shape index (κ3) is 4.60. The Morgan fingerprint density at radius 2 is 1.61 bits per heavy atom. The predicted molar refractivity (Wildman–Crippen MR) is 84.8 cm³/mol. The van der Waals surface area contributed by atoms with Crippen LogP contribution in [0.2, 0.25) is 0 Å². The van der Waals surface area contributed by atoms with Crippen LogP contribution in [0.25, 0.3) is 0 Å². The Morgan fingerprint density at radius 3 is 2.17 bits per heavy atom. The second-order valence-electron chi connectivity index (χ2n) is 5.16. The number of pyridine rings is 1. The van der Waals surface area contributed by atoms with Crippen LogP contribution in [-0.4, -0.2) is 29.9 Å². The normalized spacial score (nSPS) is 10.2. The van der Waals surface area contributed by atoms with Crippen LogP contribution >= 0.6 is 0 Å². The molecule has 0 spiro atoms. The van der Waals surface area contributed by atoms with Crippen molar-refractivity contribution in [3.05, 3.63) is 64.7 Å². The van der Waals surface area contributed by atoms with Gasteiger partial charge in [-0.1, -0.05) is 6.07 Å². The lowest BCUT2D eigenvalue weighted by Crippen LogP contribution is -2.34. The van der Waals surface area contributed by atoms with Gasteiger partial charge in [-0.3, -0.25) is 14.6 Å². The van der Waals surface area contributed by atoms with E-state index in [1.54, 1.807) is 31.2 Å². The highest BCUT2D eigenvalue weighted by Gasteiger charge is 2.08. The van der Waals surface area contributed by atoms with Gasteiger partial charge in [0.05, 0.1) is 5.56 Å². The first kappa shape index (κ1) is 16.6. The van der Waals surface area contributed by atoms with Crippen LogP contribution in [0.5, 0.6) is 0 Å². The van der Waals surface area contributed by atoms with Crippen LogP contribution in [0.3, 0.4) is 0 Å². The average Bonchev–Trinajstić information content (AvgIpc) is 2.54. The SMILES string of the molecule is Cc1ccc(C(=O)NCCNC(=O)c2ccc(C)c(F)c2)cn1. The minimum absolute atomic E-state index is 0.249. The molecule has 2 rings (SSSR count). The second kappa shape index (κ2) is 7.49. The quantitative estimate of drug-likeness (QED) is 0.829. The maximum Gasteiger partial charge on any atom is 0.252 e. The number of amides is 2. The third-order valence-electron chi connectivity index (χ3n) is 3.30. The molecule has 5 nitrogen and oxygen atoms in total. The summed E-state index contributed by atoms with van der Waals surface area (Å²) in [6, 6.07) is 7.75. The van der Waals surface area contributed by atoms with E-state index in [0.717, 1.165) is 5.69 Å². The van der Waals surface area contributed by atoms with Gasteiger partial charge in [0, 0.05) is 30.5 Å². The number of hydrogen-bond acceptors (Lipinski definition) is 3. The zero-order valence-corrected chi connectivity index (χ0v) is 13.0. The van der Waals surface area contributed by atoms with E-state index in [-0.39, 0.29) is 30.5 Å². The van der Waals surface area contributed by atoms with Gasteiger partial charge < -0.3 is 10.6 Å². The summed E-state index contributed by atoms with van der Waals surface area (Å²) in [7, 11) is 0. The van der Waals surface area contributed by atoms with Crippen LogP contribution in [0.4, 0.5) is 4.39 Å². The summed E-state index contributed by atoms with van der Waals surface area (Å²) in [6.45, 7) is 3.99. The number of aromatic nitrogens is 1. The molecule has 0 aliphatic rings. The summed E-state index contributed by atoms with van der Waals surface area (Å²) < 4.78 is 13.4. The van der Waals surface area contributed by atoms with Crippen LogP contribution in [-0.2, 0) is 0 Å². The van der Waals surface area contributed by atoms with E-state index in [1.807, 2.05) is 6.92 Å². The van der Waals surface area contributed by atoms with Crippen LogP contribution < -0.4 is 10.6 Å². The number of carbonyl (C=O) groups excluding carboxylic acids is 2. The van der Waals surface area contributed by atoms with Crippen molar-refractivity contribution in [3.63, 3.8) is 0 Å². The highest BCUT2D eigenvalue weighted by Crippen LogP contribution is 2.08. The van der Waals surface area contributed by atoms with Crippen molar-refractivity contribution in [3.8, 4) is 0 Å². The van der Waals surface area contributed by atoms with Gasteiger partial charge in [0.2, 0.25) is 0 Å². The van der Waals surface area contributed by atoms with Gasteiger partial charge in [0.1, 0.15) is 5.82 Å². The Morgan fingerprint density at radius 1 is 1.00 bits per heavy atom. The fraction of sp³-hybridized carbons (Fsp3) is 0.235. The molecule has 2 aromatic rings. The van der Waals surface area contributed by atoms with Crippen molar-refractivity contribution in [2.75, 3.05) is 13.1 Å². The maximum absolute atomic E-state index is 13.4. The summed E-state index contributed by atoms with van der Waals surface area (Å²) in [4.78, 5) is 27.7. The number of aryl methyl sites for hydroxylation is 2. The standard InChI is InChI=1S/C17H18FN3O2/c1-11-3-5-13(9-15(11)18)16(22)19-7-8-20-17(23)14-6-4-12(2)21-10-14/h3-6,9-10H,7-8H2,1-2H3,(H,19,22)(H,20,23). The molecule has 120 valence electrons. The molecule has 1 heterocycles. The molecule has 0 unspecified atom stereocenters. The van der Waals surface area contributed by atoms with Gasteiger partial charge in [-0.2, -0.15) is 0 Å². The van der Waals surface area contributed by atoms with Crippen molar-refractivity contribution in [2.24, 2.45) is 0 Å². The van der Waals surface area contributed by atoms with Crippen LogP contribution in [0.1, 0.15) is 32.0 Å². The Balaban J connectivity index is 1.78. The molecule has 1 aromatic heterocycles. The lowest BCUT2D eigenvalue weighted by Gasteiger charge is -2.08. The molecule has 1 aromatic carbocycles. The van der Waals surface area contributed by atoms with Gasteiger partial charge in [-0.05, 0) is 43.7 Å². The third-order valence-corrected chi connectivity index (χ3v) is 3.30. The lowest BCUT2D eigenvalue weighted by atomic mass is 10.1. The van der Waals surface area contributed by atoms with Crippen molar-refractivity contribution in [1.82, 2.24) is 15.6 Å². The fourth-order valence-corrected chi connectivity index (χ4v) is 1.89. The zero-order valence-electron chi connectivity index (χ0n) is 13.0. The molecule has 0 aliphatic heterocycles. The van der Waals surface area contributed by atoms with E-state index in [2.05, 4.69) is 15.6 Å². The molecule has 0 atom stereocenters. The minimum atomic E-state index is -0.419. The minimum Gasteiger partial charge on any atom is -0.350 e. The highest BCUT2D eigenvalue weighted by atomic mass is 19.1. The number of benzene rings is 1. The van der Waals surface area contributed by atoms with Crippen molar-refractivity contribution in [1.29, 1.82) is 0 Å². The van der Waals surface area contributed by atoms with Crippen molar-refractivity contribution < 1.29 is 14.0 Å². The largest absolute Gasteiger partial charge is 0.350 e. The van der Waals surface area contributed by atoms with Gasteiger partial charge in [0.25, 0.3) is 11.8 Å². The molecule has 2 N–H and O–H groups in total. The summed E-state index contributed by atoms with van der Waals surface area (Å²) in [5.74, 6) is -1.05. The smallest absolute Gasteiger partial charge is 0.252 e. The first-order valence-corrected chi connectivity index (χ1v) is 7.22. The lowest BCUT2D eigenvalue weighted by molar-refractivity contribution is 0.0927. The molecule has 2 amide bonds. The number of carbonyl (C=O) groups is 2. The number of rotatable bonds is 5. The van der Waals surface area contributed by atoms with E-state index in [1.165, 1.54) is 12.3 Å². The first-order valence-electron chi connectivity index (χ1n) is 7.22. The number of nitrogens with one attached hydrogen (secondary N) is 2. The van der Waals surface area contributed by atoms with Gasteiger partial charge >= 0.3 is 0 Å². The monoisotopic (exact) mass is 315 g/mol. The Kier molecular flexibility index (Phi) is 5.41. The van der Waals surface area contributed by atoms with Crippen LogP contribution in [0.15, 0.2) is 36.5 Å². The molecule has 0 radical (unpaired) electrons. The van der Waals surface area contributed by atoms with Gasteiger partial charge in [-0.15, -0.1) is 0 Å². The molecule has 0 aliphatic carbocycles. The van der Waals surface area contributed by atoms with Crippen molar-refractivity contribution >= 4 is 11.8 Å². The summed E-state index contributed by atoms with van der Waals surface area (Å²) in [6.07, 6.45) is 1.50. The Labute approximate surface area is 133 Å². The van der Waals surface area contributed by atoms with E-state index >= 15 is 0 Å². The molecule has 0 saturated carbocycles. The molecule has 6 heteroatoms.